The van der Waals surface area contributed by atoms with Gasteiger partial charge in [0.15, 0.2) is 0 Å². The molecule has 254 valence electrons. The van der Waals surface area contributed by atoms with Crippen LogP contribution in [0.3, 0.4) is 0 Å². The van der Waals surface area contributed by atoms with Crippen molar-refractivity contribution in [3.05, 3.63) is 187 Å². The summed E-state index contributed by atoms with van der Waals surface area (Å²) in [6.07, 6.45) is 0. The van der Waals surface area contributed by atoms with Gasteiger partial charge in [0, 0.05) is 43.6 Å². The zero-order valence-corrected chi connectivity index (χ0v) is 29.5. The second-order valence-electron chi connectivity index (χ2n) is 14.0. The van der Waals surface area contributed by atoms with Gasteiger partial charge in [-0.05, 0) is 72.3 Å². The Hall–Kier alpha value is -7.86. The summed E-state index contributed by atoms with van der Waals surface area (Å²) in [4.78, 5) is 0. The number of benzene rings is 8. The molecule has 0 aliphatic rings. The van der Waals surface area contributed by atoms with Crippen molar-refractivity contribution >= 4 is 65.4 Å². The van der Waals surface area contributed by atoms with Gasteiger partial charge in [-0.15, -0.1) is 0 Å². The highest BCUT2D eigenvalue weighted by Gasteiger charge is 2.21. The Morgan fingerprint density at radius 1 is 0.345 bits per heavy atom. The van der Waals surface area contributed by atoms with E-state index in [1.165, 1.54) is 27.2 Å². The third-order valence-electron chi connectivity index (χ3n) is 11.1. The molecule has 0 aliphatic carbocycles. The van der Waals surface area contributed by atoms with Crippen molar-refractivity contribution in [3.8, 4) is 40.3 Å². The minimum absolute atomic E-state index is 0.528. The van der Waals surface area contributed by atoms with E-state index >= 15 is 0 Å². The molecule has 0 bridgehead atoms. The summed E-state index contributed by atoms with van der Waals surface area (Å²) in [5.74, 6) is 0. The van der Waals surface area contributed by atoms with Gasteiger partial charge in [-0.1, -0.05) is 109 Å². The smallest absolute Gasteiger partial charge is 0.101 e. The van der Waals surface area contributed by atoms with E-state index in [-0.39, 0.29) is 0 Å². The summed E-state index contributed by atoms with van der Waals surface area (Å²) in [5, 5.41) is 27.7. The highest BCUT2D eigenvalue weighted by Crippen LogP contribution is 2.40. The number of rotatable bonds is 4. The minimum atomic E-state index is 0.528. The molecule has 11 rings (SSSR count). The largest absolute Gasteiger partial charge is 0.309 e. The first-order chi connectivity index (χ1) is 27.2. The second kappa shape index (κ2) is 11.8. The second-order valence-corrected chi connectivity index (χ2v) is 14.0. The van der Waals surface area contributed by atoms with Crippen LogP contribution in [-0.2, 0) is 0 Å². The summed E-state index contributed by atoms with van der Waals surface area (Å²) >= 11 is 0. The first-order valence-corrected chi connectivity index (χ1v) is 18.3. The number of aromatic nitrogens is 3. The Kier molecular flexibility index (Phi) is 6.61. The molecule has 0 saturated heterocycles. The van der Waals surface area contributed by atoms with Crippen LogP contribution in [0, 0.1) is 22.7 Å². The predicted molar refractivity (Wildman–Crippen MR) is 224 cm³/mol. The highest BCUT2D eigenvalue weighted by molar-refractivity contribution is 6.13. The summed E-state index contributed by atoms with van der Waals surface area (Å²) in [5.41, 5.74) is 12.3. The summed E-state index contributed by atoms with van der Waals surface area (Å²) in [6.45, 7) is 0. The predicted octanol–water partition coefficient (Wildman–Crippen LogP) is 12.4. The van der Waals surface area contributed by atoms with Crippen LogP contribution in [-0.4, -0.2) is 13.7 Å². The van der Waals surface area contributed by atoms with Crippen molar-refractivity contribution < 1.29 is 0 Å². The van der Waals surface area contributed by atoms with Crippen LogP contribution in [0.1, 0.15) is 11.1 Å². The zero-order chi connectivity index (χ0) is 36.6. The molecule has 0 saturated carbocycles. The molecule has 0 spiro atoms. The van der Waals surface area contributed by atoms with Crippen LogP contribution < -0.4 is 0 Å². The Morgan fingerprint density at radius 2 is 0.873 bits per heavy atom. The Balaban J connectivity index is 1.11. The fourth-order valence-electron chi connectivity index (χ4n) is 8.82. The lowest BCUT2D eigenvalue weighted by Gasteiger charge is -2.16. The van der Waals surface area contributed by atoms with Gasteiger partial charge in [0.25, 0.3) is 0 Å². The van der Waals surface area contributed by atoms with E-state index in [4.69, 9.17) is 0 Å². The number of nitriles is 2. The highest BCUT2D eigenvalue weighted by atomic mass is 15.0. The van der Waals surface area contributed by atoms with Crippen molar-refractivity contribution in [2.45, 2.75) is 0 Å². The van der Waals surface area contributed by atoms with E-state index in [2.05, 4.69) is 159 Å². The first kappa shape index (κ1) is 30.7. The average molecular weight is 700 g/mol. The van der Waals surface area contributed by atoms with E-state index < -0.39 is 0 Å². The maximum Gasteiger partial charge on any atom is 0.101 e. The fourth-order valence-corrected chi connectivity index (χ4v) is 8.82. The number of para-hydroxylation sites is 6. The SMILES string of the molecule is N#Cc1cc(-c2ccccc2-n2c3ccccc3c3cc(-n4c5ccccc5c5ccccc54)ccc32)ccc1-n1c2ccccc2c2cccc(C#N)c21. The van der Waals surface area contributed by atoms with Gasteiger partial charge < -0.3 is 13.7 Å². The van der Waals surface area contributed by atoms with Crippen molar-refractivity contribution in [2.24, 2.45) is 0 Å². The molecular formula is C50H29N5. The monoisotopic (exact) mass is 699 g/mol. The van der Waals surface area contributed by atoms with Gasteiger partial charge in [-0.3, -0.25) is 0 Å². The molecule has 55 heavy (non-hydrogen) atoms. The van der Waals surface area contributed by atoms with Crippen molar-refractivity contribution in [1.29, 1.82) is 10.5 Å². The van der Waals surface area contributed by atoms with Crippen LogP contribution in [0.5, 0.6) is 0 Å². The molecule has 0 radical (unpaired) electrons. The van der Waals surface area contributed by atoms with Gasteiger partial charge in [0.05, 0.1) is 55.6 Å². The number of fused-ring (bicyclic) bond motifs is 9. The number of hydrogen-bond donors (Lipinski definition) is 0. The summed E-state index contributed by atoms with van der Waals surface area (Å²) in [7, 11) is 0. The number of hydrogen-bond acceptors (Lipinski definition) is 2. The van der Waals surface area contributed by atoms with E-state index in [1.54, 1.807) is 0 Å². The number of nitrogens with zero attached hydrogens (tertiary/aromatic N) is 5. The molecule has 0 fully saturated rings. The van der Waals surface area contributed by atoms with Crippen LogP contribution in [0.25, 0.3) is 93.6 Å². The van der Waals surface area contributed by atoms with Crippen molar-refractivity contribution in [1.82, 2.24) is 13.7 Å². The molecule has 5 heteroatoms. The standard InChI is InChI=1S/C50H29N5/c51-30-33-12-11-18-41-39-16-4-10-23-48(39)55(50(33)41)43-26-24-32(28-34(43)31-52)36-13-1-6-19-44(36)54-47-22-9-5-17-40(47)42-29-35(25-27-49(42)54)53-45-20-7-2-14-37(45)38-15-3-8-21-46(38)53/h1-29H. The lowest BCUT2D eigenvalue weighted by Crippen LogP contribution is -2.01. The lowest BCUT2D eigenvalue weighted by molar-refractivity contribution is 1.16. The average Bonchev–Trinajstić information content (AvgIpc) is 3.89. The molecule has 0 amide bonds. The fraction of sp³-hybridized carbons (Fsp3) is 0. The molecule has 8 aromatic carbocycles. The normalized spacial score (nSPS) is 11.6. The van der Waals surface area contributed by atoms with Gasteiger partial charge in [-0.25, -0.2) is 0 Å². The quantitative estimate of drug-likeness (QED) is 0.184. The van der Waals surface area contributed by atoms with Crippen molar-refractivity contribution in [3.63, 3.8) is 0 Å². The van der Waals surface area contributed by atoms with Crippen molar-refractivity contribution in [2.75, 3.05) is 0 Å². The molecular weight excluding hydrogens is 671 g/mol. The van der Waals surface area contributed by atoms with E-state index in [1.807, 2.05) is 42.5 Å². The minimum Gasteiger partial charge on any atom is -0.309 e. The van der Waals surface area contributed by atoms with Crippen LogP contribution in [0.2, 0.25) is 0 Å². The maximum absolute atomic E-state index is 10.7. The lowest BCUT2D eigenvalue weighted by atomic mass is 10.00. The van der Waals surface area contributed by atoms with E-state index in [0.29, 0.717) is 11.1 Å². The Bertz CT molecular complexity index is 3420. The molecule has 0 unspecified atom stereocenters. The summed E-state index contributed by atoms with van der Waals surface area (Å²) in [6, 6.07) is 66.0. The third-order valence-corrected chi connectivity index (χ3v) is 11.1. The molecule has 3 heterocycles. The Labute approximate surface area is 316 Å². The van der Waals surface area contributed by atoms with Gasteiger partial charge in [0.2, 0.25) is 0 Å². The maximum atomic E-state index is 10.7. The molecule has 3 aromatic heterocycles. The summed E-state index contributed by atoms with van der Waals surface area (Å²) < 4.78 is 6.78. The molecule has 0 atom stereocenters. The van der Waals surface area contributed by atoms with Crippen LogP contribution in [0.15, 0.2) is 176 Å². The van der Waals surface area contributed by atoms with Gasteiger partial charge >= 0.3 is 0 Å². The van der Waals surface area contributed by atoms with Crippen LogP contribution in [0.4, 0.5) is 0 Å². The van der Waals surface area contributed by atoms with E-state index in [0.717, 1.165) is 66.4 Å². The van der Waals surface area contributed by atoms with Crippen LogP contribution >= 0.6 is 0 Å². The van der Waals surface area contributed by atoms with E-state index in [9.17, 15) is 10.5 Å². The molecule has 11 aromatic rings. The molecule has 0 aliphatic heterocycles. The third kappa shape index (κ3) is 4.39. The molecule has 5 nitrogen and oxygen atoms in total. The van der Waals surface area contributed by atoms with Gasteiger partial charge in [0.1, 0.15) is 12.1 Å². The zero-order valence-electron chi connectivity index (χ0n) is 29.5. The topological polar surface area (TPSA) is 62.4 Å². The first-order valence-electron chi connectivity index (χ1n) is 18.3. The molecule has 0 N–H and O–H groups in total. The Morgan fingerprint density at radius 3 is 1.55 bits per heavy atom. The van der Waals surface area contributed by atoms with Gasteiger partial charge in [-0.2, -0.15) is 10.5 Å².